The van der Waals surface area contributed by atoms with E-state index in [4.69, 9.17) is 4.74 Å². The van der Waals surface area contributed by atoms with E-state index in [2.05, 4.69) is 5.32 Å². The third-order valence-corrected chi connectivity index (χ3v) is 2.87. The predicted molar refractivity (Wildman–Crippen MR) is 72.8 cm³/mol. The first-order valence-corrected chi connectivity index (χ1v) is 5.71. The third-order valence-electron chi connectivity index (χ3n) is 2.87. The molecule has 0 radical (unpaired) electrons. The van der Waals surface area contributed by atoms with Gasteiger partial charge < -0.3 is 10.1 Å². The van der Waals surface area contributed by atoms with Crippen molar-refractivity contribution < 1.29 is 9.53 Å². The average molecular weight is 241 g/mol. The van der Waals surface area contributed by atoms with Crippen LogP contribution in [0.1, 0.15) is 15.9 Å². The first-order chi connectivity index (χ1) is 8.76. The molecule has 0 aliphatic rings. The Kier molecular flexibility index (Phi) is 3.63. The zero-order valence-electron chi connectivity index (χ0n) is 10.4. The molecule has 2 aromatic rings. The van der Waals surface area contributed by atoms with Gasteiger partial charge in [0.05, 0.1) is 12.7 Å². The van der Waals surface area contributed by atoms with Gasteiger partial charge in [0, 0.05) is 11.4 Å². The van der Waals surface area contributed by atoms with Crippen LogP contribution >= 0.6 is 0 Å². The highest BCUT2D eigenvalue weighted by atomic mass is 16.5. The number of nitrogens with one attached hydrogen (secondary N) is 1. The highest BCUT2D eigenvalue weighted by Crippen LogP contribution is 2.28. The van der Waals surface area contributed by atoms with Gasteiger partial charge >= 0.3 is 0 Å². The van der Waals surface area contributed by atoms with Gasteiger partial charge in [-0.2, -0.15) is 0 Å². The molecule has 2 aromatic carbocycles. The van der Waals surface area contributed by atoms with Crippen LogP contribution in [-0.2, 0) is 0 Å². The zero-order valence-corrected chi connectivity index (χ0v) is 10.4. The summed E-state index contributed by atoms with van der Waals surface area (Å²) in [5, 5.41) is 3.28. The number of methoxy groups -OCH3 is 1. The number of carbonyl (C=O) groups is 1. The quantitative estimate of drug-likeness (QED) is 0.832. The van der Waals surface area contributed by atoms with Gasteiger partial charge in [-0.25, -0.2) is 0 Å². The lowest BCUT2D eigenvalue weighted by molar-refractivity contribution is 0.112. The lowest BCUT2D eigenvalue weighted by Gasteiger charge is -2.13. The summed E-state index contributed by atoms with van der Waals surface area (Å²) >= 11 is 0. The monoisotopic (exact) mass is 241 g/mol. The molecule has 92 valence electrons. The second-order valence-electron chi connectivity index (χ2n) is 3.96. The van der Waals surface area contributed by atoms with Crippen LogP contribution in [0.4, 0.5) is 11.4 Å². The van der Waals surface area contributed by atoms with Crippen LogP contribution in [0, 0.1) is 6.92 Å². The molecule has 0 saturated heterocycles. The Labute approximate surface area is 106 Å². The van der Waals surface area contributed by atoms with Crippen LogP contribution < -0.4 is 10.1 Å². The Morgan fingerprint density at radius 1 is 1.11 bits per heavy atom. The molecule has 0 atom stereocenters. The van der Waals surface area contributed by atoms with E-state index in [1.807, 2.05) is 43.3 Å². The molecule has 0 bridgehead atoms. The van der Waals surface area contributed by atoms with Crippen LogP contribution in [0.25, 0.3) is 0 Å². The van der Waals surface area contributed by atoms with Gasteiger partial charge in [0.1, 0.15) is 5.75 Å². The zero-order chi connectivity index (χ0) is 13.0. The minimum absolute atomic E-state index is 0.582. The number of anilines is 2. The number of rotatable bonds is 4. The van der Waals surface area contributed by atoms with E-state index in [0.29, 0.717) is 11.3 Å². The molecule has 3 nitrogen and oxygen atoms in total. The highest BCUT2D eigenvalue weighted by molar-refractivity contribution is 5.85. The summed E-state index contributed by atoms with van der Waals surface area (Å²) < 4.78 is 5.16. The van der Waals surface area contributed by atoms with Gasteiger partial charge in [-0.3, -0.25) is 4.79 Å². The maximum absolute atomic E-state index is 11.1. The molecule has 0 aliphatic heterocycles. The van der Waals surface area contributed by atoms with Crippen LogP contribution in [-0.4, -0.2) is 13.4 Å². The van der Waals surface area contributed by atoms with Gasteiger partial charge in [-0.1, -0.05) is 18.2 Å². The van der Waals surface area contributed by atoms with Crippen LogP contribution in [0.2, 0.25) is 0 Å². The molecule has 1 N–H and O–H groups in total. The molecule has 0 unspecified atom stereocenters. The van der Waals surface area contributed by atoms with Crippen molar-refractivity contribution in [3.05, 3.63) is 53.6 Å². The average Bonchev–Trinajstić information content (AvgIpc) is 2.42. The molecule has 0 aliphatic carbocycles. The number of para-hydroxylation sites is 1. The second kappa shape index (κ2) is 5.36. The molecule has 0 fully saturated rings. The highest BCUT2D eigenvalue weighted by Gasteiger charge is 2.09. The molecule has 2 rings (SSSR count). The summed E-state index contributed by atoms with van der Waals surface area (Å²) in [7, 11) is 1.56. The first kappa shape index (κ1) is 12.2. The molecule has 0 heterocycles. The van der Waals surface area contributed by atoms with E-state index >= 15 is 0 Å². The number of ether oxygens (including phenoxy) is 1. The number of aldehydes is 1. The number of benzene rings is 2. The smallest absolute Gasteiger partial charge is 0.154 e. The second-order valence-corrected chi connectivity index (χ2v) is 3.96. The molecule has 0 saturated carbocycles. The van der Waals surface area contributed by atoms with Crippen molar-refractivity contribution in [1.29, 1.82) is 0 Å². The lowest BCUT2D eigenvalue weighted by atomic mass is 10.1. The molecule has 0 aromatic heterocycles. The fourth-order valence-electron chi connectivity index (χ4n) is 1.84. The third kappa shape index (κ3) is 2.35. The first-order valence-electron chi connectivity index (χ1n) is 5.71. The minimum Gasteiger partial charge on any atom is -0.496 e. The summed E-state index contributed by atoms with van der Waals surface area (Å²) in [6, 6.07) is 13.5. The lowest BCUT2D eigenvalue weighted by Crippen LogP contribution is -1.99. The van der Waals surface area contributed by atoms with Crippen LogP contribution in [0.3, 0.4) is 0 Å². The normalized spacial score (nSPS) is 9.89. The Morgan fingerprint density at radius 2 is 1.83 bits per heavy atom. The van der Waals surface area contributed by atoms with Crippen molar-refractivity contribution in [3.8, 4) is 5.75 Å². The standard InChI is InChI=1S/C15H15NO2/c1-11-13(10-17)15(18-2)9-8-14(11)16-12-6-4-3-5-7-12/h3-10,16H,1-2H3. The van der Waals surface area contributed by atoms with Gasteiger partial charge in [0.15, 0.2) is 6.29 Å². The van der Waals surface area contributed by atoms with Gasteiger partial charge in [0.25, 0.3) is 0 Å². The van der Waals surface area contributed by atoms with Gasteiger partial charge in [-0.05, 0) is 36.8 Å². The Bertz CT molecular complexity index is 550. The molecular weight excluding hydrogens is 226 g/mol. The van der Waals surface area contributed by atoms with Crippen molar-refractivity contribution in [2.45, 2.75) is 6.92 Å². The van der Waals surface area contributed by atoms with Gasteiger partial charge in [0.2, 0.25) is 0 Å². The summed E-state index contributed by atoms with van der Waals surface area (Å²) in [5.41, 5.74) is 3.36. The summed E-state index contributed by atoms with van der Waals surface area (Å²) in [4.78, 5) is 11.1. The molecule has 18 heavy (non-hydrogen) atoms. The summed E-state index contributed by atoms with van der Waals surface area (Å²) in [6.07, 6.45) is 0.824. The Balaban J connectivity index is 2.38. The largest absolute Gasteiger partial charge is 0.496 e. The molecule has 3 heteroatoms. The topological polar surface area (TPSA) is 38.3 Å². The van der Waals surface area contributed by atoms with Crippen molar-refractivity contribution in [2.75, 3.05) is 12.4 Å². The Morgan fingerprint density at radius 3 is 2.44 bits per heavy atom. The van der Waals surface area contributed by atoms with E-state index < -0.39 is 0 Å². The van der Waals surface area contributed by atoms with Crippen molar-refractivity contribution in [2.24, 2.45) is 0 Å². The Hall–Kier alpha value is -2.29. The number of carbonyl (C=O) groups excluding carboxylic acids is 1. The summed E-state index contributed by atoms with van der Waals surface area (Å²) in [6.45, 7) is 1.90. The number of hydrogen-bond acceptors (Lipinski definition) is 3. The number of hydrogen-bond donors (Lipinski definition) is 1. The molecule has 0 amide bonds. The van der Waals surface area contributed by atoms with Crippen molar-refractivity contribution in [3.63, 3.8) is 0 Å². The fraction of sp³-hybridized carbons (Fsp3) is 0.133. The van der Waals surface area contributed by atoms with Crippen LogP contribution in [0.5, 0.6) is 5.75 Å². The van der Waals surface area contributed by atoms with E-state index in [1.165, 1.54) is 0 Å². The van der Waals surface area contributed by atoms with E-state index in [1.54, 1.807) is 13.2 Å². The minimum atomic E-state index is 0.582. The molecule has 0 spiro atoms. The van der Waals surface area contributed by atoms with E-state index in [-0.39, 0.29) is 0 Å². The summed E-state index contributed by atoms with van der Waals surface area (Å²) in [5.74, 6) is 0.598. The molecular formula is C15H15NO2. The van der Waals surface area contributed by atoms with E-state index in [9.17, 15) is 4.79 Å². The van der Waals surface area contributed by atoms with Crippen molar-refractivity contribution in [1.82, 2.24) is 0 Å². The van der Waals surface area contributed by atoms with Gasteiger partial charge in [-0.15, -0.1) is 0 Å². The van der Waals surface area contributed by atoms with Crippen LogP contribution in [0.15, 0.2) is 42.5 Å². The maximum atomic E-state index is 11.1. The SMILES string of the molecule is COc1ccc(Nc2ccccc2)c(C)c1C=O. The predicted octanol–water partition coefficient (Wildman–Crippen LogP) is 3.56. The van der Waals surface area contributed by atoms with Crippen molar-refractivity contribution >= 4 is 17.7 Å². The van der Waals surface area contributed by atoms with E-state index in [0.717, 1.165) is 23.2 Å². The fourth-order valence-corrected chi connectivity index (χ4v) is 1.84. The maximum Gasteiger partial charge on any atom is 0.154 e.